The van der Waals surface area contributed by atoms with Gasteiger partial charge in [-0.25, -0.2) is 4.98 Å². The van der Waals surface area contributed by atoms with E-state index in [2.05, 4.69) is 31.1 Å². The van der Waals surface area contributed by atoms with Gasteiger partial charge in [0.05, 0.1) is 12.4 Å². The summed E-state index contributed by atoms with van der Waals surface area (Å²) in [6.45, 7) is 7.47. The van der Waals surface area contributed by atoms with Crippen molar-refractivity contribution in [2.24, 2.45) is 0 Å². The molecule has 0 fully saturated rings. The number of rotatable bonds is 7. The average Bonchev–Trinajstić information content (AvgIpc) is 3.05. The fraction of sp³-hybridized carbons (Fsp3) is 0.474. The molecule has 0 aliphatic rings. The number of aliphatic hydroxyl groups excluding tert-OH is 1. The molecule has 2 aromatic rings. The lowest BCUT2D eigenvalue weighted by Crippen LogP contribution is -2.28. The maximum Gasteiger partial charge on any atom is 0.220 e. The lowest BCUT2D eigenvalue weighted by Gasteiger charge is -2.20. The molecule has 0 saturated heterocycles. The van der Waals surface area contributed by atoms with E-state index in [0.717, 1.165) is 18.5 Å². The summed E-state index contributed by atoms with van der Waals surface area (Å²) in [6.07, 6.45) is 5.84. The largest absolute Gasteiger partial charge is 0.387 e. The number of benzene rings is 1. The van der Waals surface area contributed by atoms with Gasteiger partial charge in [-0.1, -0.05) is 45.0 Å². The normalized spacial score (nSPS) is 12.8. The smallest absolute Gasteiger partial charge is 0.220 e. The Morgan fingerprint density at radius 3 is 2.58 bits per heavy atom. The predicted octanol–water partition coefficient (Wildman–Crippen LogP) is 2.81. The number of nitrogens with one attached hydrogen (secondary N) is 1. The molecule has 1 aromatic heterocycles. The van der Waals surface area contributed by atoms with Gasteiger partial charge in [-0.3, -0.25) is 4.79 Å². The van der Waals surface area contributed by atoms with Crippen LogP contribution in [0.5, 0.6) is 0 Å². The second kappa shape index (κ2) is 8.11. The lowest BCUT2D eigenvalue weighted by atomic mass is 9.86. The van der Waals surface area contributed by atoms with E-state index in [9.17, 15) is 9.90 Å². The highest BCUT2D eigenvalue weighted by atomic mass is 16.3. The van der Waals surface area contributed by atoms with Gasteiger partial charge in [0.1, 0.15) is 0 Å². The molecule has 5 heteroatoms. The molecular formula is C19H27N3O2. The van der Waals surface area contributed by atoms with Gasteiger partial charge in [-0.2, -0.15) is 0 Å². The molecule has 0 radical (unpaired) electrons. The summed E-state index contributed by atoms with van der Waals surface area (Å²) < 4.78 is 1.94. The zero-order valence-electron chi connectivity index (χ0n) is 14.7. The van der Waals surface area contributed by atoms with Crippen molar-refractivity contribution in [3.8, 4) is 0 Å². The monoisotopic (exact) mass is 329 g/mol. The van der Waals surface area contributed by atoms with E-state index in [1.54, 1.807) is 12.5 Å². The van der Waals surface area contributed by atoms with E-state index < -0.39 is 6.10 Å². The first kappa shape index (κ1) is 18.2. The third kappa shape index (κ3) is 5.49. The maximum absolute atomic E-state index is 11.8. The van der Waals surface area contributed by atoms with Crippen molar-refractivity contribution in [2.45, 2.75) is 51.7 Å². The number of nitrogens with zero attached hydrogens (tertiary/aromatic N) is 2. The molecule has 1 amide bonds. The summed E-state index contributed by atoms with van der Waals surface area (Å²) in [5, 5.41) is 13.0. The van der Waals surface area contributed by atoms with Gasteiger partial charge in [0.15, 0.2) is 0 Å². The molecule has 1 heterocycles. The van der Waals surface area contributed by atoms with E-state index in [-0.39, 0.29) is 17.9 Å². The van der Waals surface area contributed by atoms with Crippen molar-refractivity contribution in [3.05, 3.63) is 54.1 Å². The van der Waals surface area contributed by atoms with Crippen molar-refractivity contribution in [3.63, 3.8) is 0 Å². The zero-order valence-corrected chi connectivity index (χ0v) is 14.7. The van der Waals surface area contributed by atoms with Crippen LogP contribution < -0.4 is 5.32 Å². The second-order valence-electron chi connectivity index (χ2n) is 7.10. The molecule has 130 valence electrons. The Labute approximate surface area is 143 Å². The zero-order chi connectivity index (χ0) is 17.6. The van der Waals surface area contributed by atoms with Crippen LogP contribution in [-0.4, -0.2) is 27.1 Å². The quantitative estimate of drug-likeness (QED) is 0.821. The summed E-state index contributed by atoms with van der Waals surface area (Å²) in [6, 6.07) is 7.92. The van der Waals surface area contributed by atoms with Crippen LogP contribution in [0.4, 0.5) is 0 Å². The van der Waals surface area contributed by atoms with Crippen LogP contribution in [0, 0.1) is 0 Å². The number of hydrogen-bond acceptors (Lipinski definition) is 3. The summed E-state index contributed by atoms with van der Waals surface area (Å²) in [5.74, 6) is -0.0412. The first-order valence-corrected chi connectivity index (χ1v) is 8.37. The molecular weight excluding hydrogens is 302 g/mol. The Balaban J connectivity index is 1.73. The van der Waals surface area contributed by atoms with Crippen LogP contribution in [0.3, 0.4) is 0 Å². The van der Waals surface area contributed by atoms with E-state index in [1.165, 1.54) is 5.56 Å². The first-order valence-electron chi connectivity index (χ1n) is 8.37. The number of aryl methyl sites for hydroxylation is 1. The summed E-state index contributed by atoms with van der Waals surface area (Å²) in [4.78, 5) is 15.8. The number of amides is 1. The molecule has 5 nitrogen and oxygen atoms in total. The number of carbonyl (C=O) groups is 1. The highest BCUT2D eigenvalue weighted by Gasteiger charge is 2.15. The molecule has 1 unspecified atom stereocenters. The third-order valence-corrected chi connectivity index (χ3v) is 4.03. The van der Waals surface area contributed by atoms with E-state index in [1.807, 2.05) is 35.0 Å². The lowest BCUT2D eigenvalue weighted by molar-refractivity contribution is -0.121. The van der Waals surface area contributed by atoms with Crippen molar-refractivity contribution < 1.29 is 9.90 Å². The molecule has 0 bridgehead atoms. The standard InChI is InChI=1S/C19H27N3O2/c1-19(2,3)16-8-6-15(7-9-16)17(23)13-21-18(24)5-4-11-22-12-10-20-14-22/h6-10,12,14,17,23H,4-5,11,13H2,1-3H3,(H,21,24). The molecule has 0 aliphatic carbocycles. The molecule has 0 spiro atoms. The first-order chi connectivity index (χ1) is 11.4. The van der Waals surface area contributed by atoms with Gasteiger partial charge in [-0.15, -0.1) is 0 Å². The average molecular weight is 329 g/mol. The molecule has 1 aromatic carbocycles. The molecule has 0 aliphatic heterocycles. The van der Waals surface area contributed by atoms with Crippen LogP contribution in [0.1, 0.15) is 50.8 Å². The number of aliphatic hydroxyl groups is 1. The Morgan fingerprint density at radius 1 is 1.29 bits per heavy atom. The fourth-order valence-corrected chi connectivity index (χ4v) is 2.46. The van der Waals surface area contributed by atoms with Crippen LogP contribution in [0.2, 0.25) is 0 Å². The molecule has 24 heavy (non-hydrogen) atoms. The minimum Gasteiger partial charge on any atom is -0.387 e. The van der Waals surface area contributed by atoms with Crippen LogP contribution in [-0.2, 0) is 16.8 Å². The number of imidazole rings is 1. The van der Waals surface area contributed by atoms with Gasteiger partial charge in [0.2, 0.25) is 5.91 Å². The van der Waals surface area contributed by atoms with Crippen molar-refractivity contribution >= 4 is 5.91 Å². The topological polar surface area (TPSA) is 67.2 Å². The van der Waals surface area contributed by atoms with Crippen LogP contribution >= 0.6 is 0 Å². The highest BCUT2D eigenvalue weighted by molar-refractivity contribution is 5.75. The summed E-state index contributed by atoms with van der Waals surface area (Å²) >= 11 is 0. The number of hydrogen-bond donors (Lipinski definition) is 2. The molecule has 2 N–H and O–H groups in total. The third-order valence-electron chi connectivity index (χ3n) is 4.03. The van der Waals surface area contributed by atoms with Crippen molar-refractivity contribution in [1.29, 1.82) is 0 Å². The van der Waals surface area contributed by atoms with Gasteiger partial charge in [0, 0.05) is 31.9 Å². The maximum atomic E-state index is 11.8. The van der Waals surface area contributed by atoms with Crippen molar-refractivity contribution in [2.75, 3.05) is 6.54 Å². The minimum atomic E-state index is -0.684. The Kier molecular flexibility index (Phi) is 6.15. The highest BCUT2D eigenvalue weighted by Crippen LogP contribution is 2.23. The van der Waals surface area contributed by atoms with E-state index in [4.69, 9.17) is 0 Å². The fourth-order valence-electron chi connectivity index (χ4n) is 2.46. The number of aromatic nitrogens is 2. The summed E-state index contributed by atoms with van der Waals surface area (Å²) in [7, 11) is 0. The predicted molar refractivity (Wildman–Crippen MR) is 94.6 cm³/mol. The van der Waals surface area contributed by atoms with E-state index in [0.29, 0.717) is 6.42 Å². The number of carbonyl (C=O) groups excluding carboxylic acids is 1. The Bertz CT molecular complexity index is 628. The van der Waals surface area contributed by atoms with Gasteiger partial charge < -0.3 is 15.0 Å². The van der Waals surface area contributed by atoms with Crippen molar-refractivity contribution in [1.82, 2.24) is 14.9 Å². The van der Waals surface area contributed by atoms with Crippen LogP contribution in [0.25, 0.3) is 0 Å². The Morgan fingerprint density at radius 2 is 2.00 bits per heavy atom. The minimum absolute atomic E-state index is 0.0412. The summed E-state index contributed by atoms with van der Waals surface area (Å²) in [5.41, 5.74) is 2.14. The molecule has 0 saturated carbocycles. The van der Waals surface area contributed by atoms with Crippen LogP contribution in [0.15, 0.2) is 43.0 Å². The van der Waals surface area contributed by atoms with Gasteiger partial charge >= 0.3 is 0 Å². The SMILES string of the molecule is CC(C)(C)c1ccc(C(O)CNC(=O)CCCn2ccnc2)cc1. The molecule has 1 atom stereocenters. The Hall–Kier alpha value is -2.14. The van der Waals surface area contributed by atoms with E-state index >= 15 is 0 Å². The van der Waals surface area contributed by atoms with Gasteiger partial charge in [-0.05, 0) is 23.0 Å². The molecule has 2 rings (SSSR count). The van der Waals surface area contributed by atoms with Gasteiger partial charge in [0.25, 0.3) is 0 Å². The second-order valence-corrected chi connectivity index (χ2v) is 7.10.